The summed E-state index contributed by atoms with van der Waals surface area (Å²) < 4.78 is 32.0. The first-order valence-corrected chi connectivity index (χ1v) is 27.7. The van der Waals surface area contributed by atoms with Crippen molar-refractivity contribution in [2.45, 2.75) is 179 Å². The summed E-state index contributed by atoms with van der Waals surface area (Å²) in [5.41, 5.74) is 5.41. The second kappa shape index (κ2) is 25.7. The van der Waals surface area contributed by atoms with E-state index in [0.29, 0.717) is 85.9 Å². The van der Waals surface area contributed by atoms with Crippen LogP contribution in [0.4, 0.5) is 0 Å². The number of aromatic hydroxyl groups is 1. The van der Waals surface area contributed by atoms with Crippen LogP contribution in [0.5, 0.6) is 46.0 Å². The Morgan fingerprint density at radius 1 is 0.589 bits per heavy atom. The Kier molecular flexibility index (Phi) is 19.4. The molecular formula is C61H84N2O10. The highest BCUT2D eigenvalue weighted by Crippen LogP contribution is 2.54. The van der Waals surface area contributed by atoms with Crippen molar-refractivity contribution in [3.8, 4) is 46.0 Å². The van der Waals surface area contributed by atoms with Crippen molar-refractivity contribution in [2.24, 2.45) is 0 Å². The molecule has 0 saturated heterocycles. The van der Waals surface area contributed by atoms with Gasteiger partial charge in [-0.1, -0.05) is 122 Å². The smallest absolute Gasteiger partial charge is 0.201 e. The van der Waals surface area contributed by atoms with Gasteiger partial charge < -0.3 is 57.6 Å². The number of hydrogen-bond donors (Lipinski definition) is 1. The molecule has 0 spiro atoms. The zero-order valence-electron chi connectivity index (χ0n) is 45.1. The summed E-state index contributed by atoms with van der Waals surface area (Å²) in [4.78, 5) is 27.1. The lowest BCUT2D eigenvalue weighted by molar-refractivity contribution is -0.958. The fraction of sp³-hybridized carbons (Fsp3) is 0.574. The number of fused-ring (bicyclic) bond motifs is 2. The van der Waals surface area contributed by atoms with Crippen LogP contribution in [0.3, 0.4) is 0 Å². The highest BCUT2D eigenvalue weighted by molar-refractivity contribution is 5.71. The van der Waals surface area contributed by atoms with Crippen LogP contribution in [-0.2, 0) is 35.3 Å². The number of phenols is 1. The first kappa shape index (κ1) is 55.3. The lowest BCUT2D eigenvalue weighted by Crippen LogP contribution is -2.63. The van der Waals surface area contributed by atoms with Crippen LogP contribution in [0.15, 0.2) is 60.7 Å². The van der Waals surface area contributed by atoms with Gasteiger partial charge in [-0.3, -0.25) is 0 Å². The third-order valence-corrected chi connectivity index (χ3v) is 16.9. The molecule has 12 heteroatoms. The number of nitrogens with zero attached hydrogens (tertiary/aromatic N) is 2. The van der Waals surface area contributed by atoms with Gasteiger partial charge in [-0.25, -0.2) is 0 Å². The number of ether oxygens (including phenoxy) is 5. The highest BCUT2D eigenvalue weighted by Gasteiger charge is 2.49. The van der Waals surface area contributed by atoms with Gasteiger partial charge in [-0.15, -0.1) is 0 Å². The molecular weight excluding hydrogens is 921 g/mol. The molecule has 0 amide bonds. The topological polar surface area (TPSA) is 147 Å². The van der Waals surface area contributed by atoms with E-state index in [4.69, 9.17) is 23.7 Å². The van der Waals surface area contributed by atoms with Gasteiger partial charge in [0.05, 0.1) is 66.0 Å². The zero-order chi connectivity index (χ0) is 52.1. The van der Waals surface area contributed by atoms with Gasteiger partial charge in [-0.2, -0.15) is 0 Å². The molecule has 4 heterocycles. The molecule has 4 aromatic rings. The number of likely N-dealkylation sites (N-methyl/N-ethyl adjacent to an activating group) is 2. The average molecular weight is 1010 g/mol. The minimum atomic E-state index is -1.10. The van der Waals surface area contributed by atoms with E-state index in [2.05, 4.69) is 20.9 Å². The SMILES string of the molecule is CCCCCCCCCCC(C(=O)[O-])[N+]1(C)CCc2cc(OC)c3cc2C1Cc1ccc(cc1)Oc1cc(ccc1OC)CC1c2c(cc(OC)c(O)c2O3)CC[N+]1(C)C(CCCCCCCCCC)C(=O)[O-]. The fourth-order valence-electron chi connectivity index (χ4n) is 12.5. The number of carboxylic acid groups (broad SMARTS) is 2. The van der Waals surface area contributed by atoms with E-state index < -0.39 is 30.1 Å². The second-order valence-corrected chi connectivity index (χ2v) is 21.6. The molecule has 6 atom stereocenters. The Morgan fingerprint density at radius 2 is 1.07 bits per heavy atom. The Morgan fingerprint density at radius 3 is 1.62 bits per heavy atom. The van der Waals surface area contributed by atoms with E-state index >= 15 is 0 Å². The third-order valence-electron chi connectivity index (χ3n) is 16.9. The van der Waals surface area contributed by atoms with Crippen molar-refractivity contribution in [2.75, 3.05) is 48.5 Å². The van der Waals surface area contributed by atoms with E-state index in [1.807, 2.05) is 67.7 Å². The molecule has 73 heavy (non-hydrogen) atoms. The first-order valence-electron chi connectivity index (χ1n) is 27.7. The quantitative estimate of drug-likeness (QED) is 0.0503. The van der Waals surface area contributed by atoms with Crippen molar-refractivity contribution in [3.05, 3.63) is 94.0 Å². The van der Waals surface area contributed by atoms with Gasteiger partial charge in [0.2, 0.25) is 5.75 Å². The van der Waals surface area contributed by atoms with Crippen molar-refractivity contribution >= 4 is 11.9 Å². The fourth-order valence-corrected chi connectivity index (χ4v) is 12.5. The van der Waals surface area contributed by atoms with Crippen LogP contribution in [0, 0.1) is 0 Å². The van der Waals surface area contributed by atoms with Crippen molar-refractivity contribution < 1.29 is 57.6 Å². The Bertz CT molecular complexity index is 2470. The molecule has 6 bridgehead atoms. The van der Waals surface area contributed by atoms with Crippen LogP contribution in [0.25, 0.3) is 0 Å². The summed E-state index contributed by atoms with van der Waals surface area (Å²) in [6.45, 7) is 5.51. The van der Waals surface area contributed by atoms with E-state index in [9.17, 15) is 24.9 Å². The molecule has 398 valence electrons. The van der Waals surface area contributed by atoms with Gasteiger partial charge >= 0.3 is 0 Å². The number of aliphatic carboxylic acids is 2. The maximum Gasteiger partial charge on any atom is 0.201 e. The minimum Gasteiger partial charge on any atom is -0.544 e. The first-order chi connectivity index (χ1) is 35.3. The zero-order valence-corrected chi connectivity index (χ0v) is 45.1. The van der Waals surface area contributed by atoms with Crippen LogP contribution in [-0.4, -0.2) is 86.6 Å². The monoisotopic (exact) mass is 1000 g/mol. The highest BCUT2D eigenvalue weighted by atomic mass is 16.5. The molecule has 0 saturated carbocycles. The minimum absolute atomic E-state index is 0.111. The Hall–Kier alpha value is -5.46. The number of quaternary nitrogens is 2. The molecule has 0 fully saturated rings. The summed E-state index contributed by atoms with van der Waals surface area (Å²) in [7, 11) is 8.81. The summed E-state index contributed by atoms with van der Waals surface area (Å²) in [6, 6.07) is 17.1. The molecule has 4 aromatic carbocycles. The maximum absolute atomic E-state index is 13.6. The number of hydrogen-bond acceptors (Lipinski definition) is 10. The number of carbonyl (C=O) groups is 2. The average Bonchev–Trinajstić information content (AvgIpc) is 3.37. The second-order valence-electron chi connectivity index (χ2n) is 21.6. The van der Waals surface area contributed by atoms with E-state index in [-0.39, 0.29) is 32.3 Å². The van der Waals surface area contributed by atoms with Crippen molar-refractivity contribution in [3.63, 3.8) is 0 Å². The van der Waals surface area contributed by atoms with Crippen LogP contribution >= 0.6 is 0 Å². The molecule has 0 radical (unpaired) electrons. The normalized spacial score (nSPS) is 20.9. The molecule has 6 unspecified atom stereocenters. The van der Waals surface area contributed by atoms with Gasteiger partial charge in [0.25, 0.3) is 0 Å². The summed E-state index contributed by atoms with van der Waals surface area (Å²) in [5.74, 6) is 0.505. The summed E-state index contributed by atoms with van der Waals surface area (Å²) >= 11 is 0. The number of unbranched alkanes of at least 4 members (excludes halogenated alkanes) is 14. The molecule has 4 aliphatic heterocycles. The predicted octanol–water partition coefficient (Wildman–Crippen LogP) is 11.2. The maximum atomic E-state index is 13.6. The Balaban J connectivity index is 1.37. The lowest BCUT2D eigenvalue weighted by atomic mass is 9.83. The largest absolute Gasteiger partial charge is 0.544 e. The van der Waals surface area contributed by atoms with E-state index in [1.165, 1.54) is 58.5 Å². The van der Waals surface area contributed by atoms with E-state index in [1.54, 1.807) is 14.2 Å². The standard InChI is InChI=1S/C61H84N2O10/c1-8-10-12-14-16-18-20-22-24-48(60(65)66)62(3)34-32-44-39-53(70-6)55-41-47(44)50(62)36-42-26-29-46(30-27-42)72-54-38-43(28-31-52(54)69-5)37-51-57-45(40-56(71-7)58(64)59(57)73-55)33-35-63(51,4)49(61(67)68)25-23-21-19-17-15-13-11-9-2/h26-31,38-41,48-51H,8-25,32-37H2,1-7H3,(H-2,64,65,66,67,68). The molecule has 8 rings (SSSR count). The van der Waals surface area contributed by atoms with E-state index in [0.717, 1.165) is 79.2 Å². The van der Waals surface area contributed by atoms with Gasteiger partial charge in [0.1, 0.15) is 29.9 Å². The van der Waals surface area contributed by atoms with Crippen molar-refractivity contribution in [1.82, 2.24) is 0 Å². The summed E-state index contributed by atoms with van der Waals surface area (Å²) in [5, 5.41) is 39.6. The van der Waals surface area contributed by atoms with Crippen LogP contribution in [0.2, 0.25) is 0 Å². The molecule has 1 N–H and O–H groups in total. The molecule has 4 aliphatic rings. The predicted molar refractivity (Wildman–Crippen MR) is 282 cm³/mol. The number of rotatable bonds is 25. The van der Waals surface area contributed by atoms with Gasteiger partial charge in [-0.05, 0) is 77.6 Å². The number of benzene rings is 4. The van der Waals surface area contributed by atoms with Crippen LogP contribution < -0.4 is 33.9 Å². The number of carbonyl (C=O) groups excluding carboxylic acids is 2. The lowest BCUT2D eigenvalue weighted by Gasteiger charge is -2.51. The number of carboxylic acids is 2. The van der Waals surface area contributed by atoms with Gasteiger partial charge in [0, 0.05) is 44.1 Å². The third kappa shape index (κ3) is 12.7. The molecule has 0 aromatic heterocycles. The molecule has 0 aliphatic carbocycles. The molecule has 12 nitrogen and oxygen atoms in total. The van der Waals surface area contributed by atoms with Gasteiger partial charge in [0.15, 0.2) is 34.5 Å². The number of methoxy groups -OCH3 is 3. The Labute approximate surface area is 435 Å². The van der Waals surface area contributed by atoms with Crippen molar-refractivity contribution in [1.29, 1.82) is 0 Å². The number of phenolic OH excluding ortho intramolecular Hbond substituents is 1. The summed E-state index contributed by atoms with van der Waals surface area (Å²) in [6.07, 6.45) is 20.5. The van der Waals surface area contributed by atoms with Crippen LogP contribution in [0.1, 0.15) is 175 Å².